The van der Waals surface area contributed by atoms with Gasteiger partial charge in [-0.2, -0.15) is 0 Å². The zero-order valence-electron chi connectivity index (χ0n) is 6.35. The highest BCUT2D eigenvalue weighted by Crippen LogP contribution is 2.28. The normalized spacial score (nSPS) is 16.2. The van der Waals surface area contributed by atoms with Crippen molar-refractivity contribution in [2.45, 2.75) is 18.9 Å². The maximum Gasteiger partial charge on any atom is 0.146 e. The molecule has 1 aromatic rings. The fourth-order valence-electron chi connectivity index (χ4n) is 0.941. The molecule has 1 heterocycles. The summed E-state index contributed by atoms with van der Waals surface area (Å²) in [6.07, 6.45) is 2.40. The van der Waals surface area contributed by atoms with Gasteiger partial charge in [0.2, 0.25) is 0 Å². The Bertz CT molecular complexity index is 297. The molecule has 1 fully saturated rings. The van der Waals surface area contributed by atoms with E-state index in [-0.39, 0.29) is 0 Å². The summed E-state index contributed by atoms with van der Waals surface area (Å²) in [4.78, 5) is 4.08. The number of nitrogens with zero attached hydrogens (tertiary/aromatic N) is 1. The number of nitrogens with one attached hydrogen (secondary N) is 1. The topological polar surface area (TPSA) is 24.9 Å². The summed E-state index contributed by atoms with van der Waals surface area (Å²) in [5, 5.41) is 4.30. The second-order valence-electron chi connectivity index (χ2n) is 2.88. The Morgan fingerprint density at radius 3 is 2.75 bits per heavy atom. The zero-order chi connectivity index (χ0) is 8.55. The second kappa shape index (κ2) is 3.11. The Kier molecular flexibility index (Phi) is 2.11. The Morgan fingerprint density at radius 2 is 2.08 bits per heavy atom. The highest BCUT2D eigenvalue weighted by Gasteiger charge is 2.22. The van der Waals surface area contributed by atoms with Crippen LogP contribution in [0, 0.1) is 0 Å². The molecule has 0 radical (unpaired) electrons. The average molecular weight is 203 g/mol. The number of anilines is 1. The summed E-state index contributed by atoms with van der Waals surface area (Å²) in [6.45, 7) is 0. The van der Waals surface area contributed by atoms with Gasteiger partial charge in [0.05, 0.1) is 5.02 Å². The highest BCUT2D eigenvalue weighted by atomic mass is 35.5. The molecule has 0 unspecified atom stereocenters. The van der Waals surface area contributed by atoms with E-state index in [1.165, 1.54) is 12.8 Å². The van der Waals surface area contributed by atoms with Crippen LogP contribution in [0.15, 0.2) is 12.1 Å². The van der Waals surface area contributed by atoms with Gasteiger partial charge < -0.3 is 5.32 Å². The Balaban J connectivity index is 2.21. The van der Waals surface area contributed by atoms with Gasteiger partial charge in [-0.3, -0.25) is 0 Å². The van der Waals surface area contributed by atoms with Gasteiger partial charge in [-0.1, -0.05) is 23.2 Å². The fourth-order valence-corrected chi connectivity index (χ4v) is 1.25. The van der Waals surface area contributed by atoms with Gasteiger partial charge in [-0.15, -0.1) is 0 Å². The molecule has 64 valence electrons. The van der Waals surface area contributed by atoms with Gasteiger partial charge in [-0.05, 0) is 25.0 Å². The van der Waals surface area contributed by atoms with Crippen molar-refractivity contribution in [1.29, 1.82) is 0 Å². The third-order valence-electron chi connectivity index (χ3n) is 1.73. The molecule has 0 spiro atoms. The van der Waals surface area contributed by atoms with Crippen molar-refractivity contribution in [2.75, 3.05) is 5.32 Å². The lowest BCUT2D eigenvalue weighted by atomic mass is 10.4. The van der Waals surface area contributed by atoms with E-state index >= 15 is 0 Å². The highest BCUT2D eigenvalue weighted by molar-refractivity contribution is 6.34. The smallest absolute Gasteiger partial charge is 0.146 e. The van der Waals surface area contributed by atoms with Crippen molar-refractivity contribution in [3.8, 4) is 0 Å². The van der Waals surface area contributed by atoms with Crippen molar-refractivity contribution in [2.24, 2.45) is 0 Å². The van der Waals surface area contributed by atoms with Crippen LogP contribution in [0.2, 0.25) is 10.2 Å². The third-order valence-corrected chi connectivity index (χ3v) is 2.25. The van der Waals surface area contributed by atoms with E-state index in [0.717, 1.165) is 0 Å². The summed E-state index contributed by atoms with van der Waals surface area (Å²) in [5.41, 5.74) is 0. The molecule has 12 heavy (non-hydrogen) atoms. The summed E-state index contributed by atoms with van der Waals surface area (Å²) < 4.78 is 0. The van der Waals surface area contributed by atoms with Gasteiger partial charge in [0.25, 0.3) is 0 Å². The minimum atomic E-state index is 0.475. The van der Waals surface area contributed by atoms with E-state index in [9.17, 15) is 0 Å². The number of pyridine rings is 1. The second-order valence-corrected chi connectivity index (χ2v) is 3.68. The molecule has 2 nitrogen and oxygen atoms in total. The van der Waals surface area contributed by atoms with Crippen molar-refractivity contribution >= 4 is 29.0 Å². The molecule has 0 bridgehead atoms. The molecular weight excluding hydrogens is 195 g/mol. The van der Waals surface area contributed by atoms with Crippen molar-refractivity contribution in [3.05, 3.63) is 22.3 Å². The molecule has 1 saturated carbocycles. The summed E-state index contributed by atoms with van der Waals surface area (Å²) in [5.74, 6) is 0.701. The van der Waals surface area contributed by atoms with Gasteiger partial charge in [0, 0.05) is 6.04 Å². The molecule has 0 aromatic carbocycles. The van der Waals surface area contributed by atoms with Gasteiger partial charge in [0.1, 0.15) is 11.0 Å². The Hall–Kier alpha value is -0.470. The molecule has 0 atom stereocenters. The molecule has 2 rings (SSSR count). The molecule has 1 aromatic heterocycles. The van der Waals surface area contributed by atoms with Crippen molar-refractivity contribution in [3.63, 3.8) is 0 Å². The Morgan fingerprint density at radius 1 is 1.33 bits per heavy atom. The van der Waals surface area contributed by atoms with Crippen LogP contribution in [0.3, 0.4) is 0 Å². The molecule has 1 N–H and O–H groups in total. The minimum Gasteiger partial charge on any atom is -0.366 e. The monoisotopic (exact) mass is 202 g/mol. The number of aromatic nitrogens is 1. The predicted octanol–water partition coefficient (Wildman–Crippen LogP) is 2.96. The first-order valence-electron chi connectivity index (χ1n) is 3.84. The lowest BCUT2D eigenvalue weighted by Gasteiger charge is -2.04. The van der Waals surface area contributed by atoms with Crippen LogP contribution in [0.1, 0.15) is 12.8 Å². The average Bonchev–Trinajstić information content (AvgIpc) is 2.81. The molecule has 1 aliphatic carbocycles. The van der Waals surface area contributed by atoms with Gasteiger partial charge >= 0.3 is 0 Å². The predicted molar refractivity (Wildman–Crippen MR) is 50.9 cm³/mol. The van der Waals surface area contributed by atoms with E-state index in [0.29, 0.717) is 22.0 Å². The summed E-state index contributed by atoms with van der Waals surface area (Å²) in [7, 11) is 0. The fraction of sp³-hybridized carbons (Fsp3) is 0.375. The maximum absolute atomic E-state index is 5.88. The Labute approximate surface area is 80.9 Å². The number of hydrogen-bond donors (Lipinski definition) is 1. The van der Waals surface area contributed by atoms with Gasteiger partial charge in [0.15, 0.2) is 0 Å². The molecule has 0 saturated heterocycles. The first-order chi connectivity index (χ1) is 5.75. The first kappa shape index (κ1) is 8.14. The van der Waals surface area contributed by atoms with E-state index in [1.807, 2.05) is 0 Å². The van der Waals surface area contributed by atoms with Crippen LogP contribution in [0.4, 0.5) is 5.82 Å². The SMILES string of the molecule is Clc1ccc(Cl)c(NC2CC2)n1. The molecule has 4 heteroatoms. The van der Waals surface area contributed by atoms with Crippen molar-refractivity contribution < 1.29 is 0 Å². The minimum absolute atomic E-state index is 0.475. The van der Waals surface area contributed by atoms with E-state index < -0.39 is 0 Å². The number of halogens is 2. The van der Waals surface area contributed by atoms with Crippen molar-refractivity contribution in [1.82, 2.24) is 4.98 Å². The molecule has 1 aliphatic rings. The lowest BCUT2D eigenvalue weighted by Crippen LogP contribution is -2.03. The standard InChI is InChI=1S/C8H8Cl2N2/c9-6-3-4-7(10)12-8(6)11-5-1-2-5/h3-5H,1-2H2,(H,11,12). The van der Waals surface area contributed by atoms with Crippen LogP contribution in [0.5, 0.6) is 0 Å². The lowest BCUT2D eigenvalue weighted by molar-refractivity contribution is 1.11. The van der Waals surface area contributed by atoms with Crippen LogP contribution in [-0.2, 0) is 0 Å². The molecule has 0 aliphatic heterocycles. The largest absolute Gasteiger partial charge is 0.366 e. The number of hydrogen-bond acceptors (Lipinski definition) is 2. The summed E-state index contributed by atoms with van der Waals surface area (Å²) >= 11 is 11.6. The van der Waals surface area contributed by atoms with E-state index in [2.05, 4.69) is 10.3 Å². The molecular formula is C8H8Cl2N2. The quantitative estimate of drug-likeness (QED) is 0.747. The number of rotatable bonds is 2. The van der Waals surface area contributed by atoms with E-state index in [1.54, 1.807) is 12.1 Å². The van der Waals surface area contributed by atoms with Crippen LogP contribution >= 0.6 is 23.2 Å². The zero-order valence-corrected chi connectivity index (χ0v) is 7.86. The third kappa shape index (κ3) is 1.82. The molecule has 0 amide bonds. The van der Waals surface area contributed by atoms with Gasteiger partial charge in [-0.25, -0.2) is 4.98 Å². The van der Waals surface area contributed by atoms with Crippen LogP contribution < -0.4 is 5.32 Å². The summed E-state index contributed by atoms with van der Waals surface area (Å²) in [6, 6.07) is 3.98. The van der Waals surface area contributed by atoms with E-state index in [4.69, 9.17) is 23.2 Å². The maximum atomic E-state index is 5.88. The van der Waals surface area contributed by atoms with Crippen LogP contribution in [0.25, 0.3) is 0 Å². The first-order valence-corrected chi connectivity index (χ1v) is 4.60. The van der Waals surface area contributed by atoms with Crippen LogP contribution in [-0.4, -0.2) is 11.0 Å².